The van der Waals surface area contributed by atoms with Crippen molar-refractivity contribution in [1.29, 1.82) is 0 Å². The lowest BCUT2D eigenvalue weighted by atomic mass is 9.81. The van der Waals surface area contributed by atoms with Crippen LogP contribution in [-0.2, 0) is 6.42 Å². The van der Waals surface area contributed by atoms with E-state index in [1.807, 2.05) is 48.5 Å². The number of nitrogens with two attached hydrogens (primary N) is 3. The fourth-order valence-corrected chi connectivity index (χ4v) is 5.60. The second-order valence-electron chi connectivity index (χ2n) is 9.08. The fraction of sp³-hybridized carbons (Fsp3) is 0.103. The third kappa shape index (κ3) is 2.87. The highest BCUT2D eigenvalue weighted by Crippen LogP contribution is 2.52. The Morgan fingerprint density at radius 2 is 1.50 bits per heavy atom. The average Bonchev–Trinajstić information content (AvgIpc) is 3.24. The van der Waals surface area contributed by atoms with Crippen LogP contribution in [0.2, 0.25) is 0 Å². The molecule has 0 spiro atoms. The Bertz CT molecular complexity index is 1620. The highest BCUT2D eigenvalue weighted by atomic mass is 16.3. The zero-order valence-corrected chi connectivity index (χ0v) is 18.5. The first-order valence-corrected chi connectivity index (χ1v) is 11.4. The van der Waals surface area contributed by atoms with Gasteiger partial charge in [0.2, 0.25) is 0 Å². The number of nitrogen functional groups attached to an aromatic ring is 3. The molecular weight excluding hydrogens is 422 g/mol. The van der Waals surface area contributed by atoms with E-state index >= 15 is 0 Å². The maximum atomic E-state index is 11.5. The SMILES string of the molecule is Nc1ccc2c(c1)CCC2c1c(-c2cc(O)c3cccc(N)c3c2)c(O)c(N)c2ccccc12. The summed E-state index contributed by atoms with van der Waals surface area (Å²) >= 11 is 0. The van der Waals surface area contributed by atoms with Gasteiger partial charge >= 0.3 is 0 Å². The minimum atomic E-state index is 0.0193. The number of hydrogen-bond acceptors (Lipinski definition) is 5. The van der Waals surface area contributed by atoms with E-state index in [1.54, 1.807) is 12.1 Å². The smallest absolute Gasteiger partial charge is 0.147 e. The van der Waals surface area contributed by atoms with E-state index < -0.39 is 0 Å². The number of benzene rings is 5. The van der Waals surface area contributed by atoms with E-state index in [1.165, 1.54) is 11.1 Å². The minimum Gasteiger partial charge on any atom is -0.507 e. The van der Waals surface area contributed by atoms with Gasteiger partial charge in [-0.3, -0.25) is 0 Å². The molecule has 0 amide bonds. The summed E-state index contributed by atoms with van der Waals surface area (Å²) in [5.74, 6) is 0.176. The lowest BCUT2D eigenvalue weighted by Gasteiger charge is -2.23. The van der Waals surface area contributed by atoms with Crippen LogP contribution in [0, 0.1) is 0 Å². The Labute approximate surface area is 197 Å². The van der Waals surface area contributed by atoms with E-state index in [2.05, 4.69) is 12.1 Å². The molecule has 5 nitrogen and oxygen atoms in total. The first kappa shape index (κ1) is 20.2. The quantitative estimate of drug-likeness (QED) is 0.171. The van der Waals surface area contributed by atoms with Crippen LogP contribution in [0.15, 0.2) is 72.8 Å². The van der Waals surface area contributed by atoms with Gasteiger partial charge in [0, 0.05) is 39.0 Å². The van der Waals surface area contributed by atoms with Gasteiger partial charge in [-0.25, -0.2) is 0 Å². The van der Waals surface area contributed by atoms with Crippen molar-refractivity contribution in [3.8, 4) is 22.6 Å². The lowest BCUT2D eigenvalue weighted by Crippen LogP contribution is -2.04. The van der Waals surface area contributed by atoms with Gasteiger partial charge in [0.1, 0.15) is 11.5 Å². The molecule has 1 aliphatic rings. The molecule has 0 aliphatic heterocycles. The maximum absolute atomic E-state index is 11.5. The maximum Gasteiger partial charge on any atom is 0.147 e. The highest BCUT2D eigenvalue weighted by molar-refractivity contribution is 6.07. The van der Waals surface area contributed by atoms with E-state index in [-0.39, 0.29) is 17.4 Å². The van der Waals surface area contributed by atoms with Gasteiger partial charge in [0.25, 0.3) is 0 Å². The van der Waals surface area contributed by atoms with E-state index in [4.69, 9.17) is 17.2 Å². The van der Waals surface area contributed by atoms with Crippen LogP contribution in [0.5, 0.6) is 11.5 Å². The van der Waals surface area contributed by atoms with Crippen LogP contribution in [-0.4, -0.2) is 10.2 Å². The Kier molecular flexibility index (Phi) is 4.36. The van der Waals surface area contributed by atoms with Gasteiger partial charge in [-0.2, -0.15) is 0 Å². The summed E-state index contributed by atoms with van der Waals surface area (Å²) in [7, 11) is 0. The van der Waals surface area contributed by atoms with Crippen molar-refractivity contribution in [3.63, 3.8) is 0 Å². The number of aryl methyl sites for hydroxylation is 1. The van der Waals surface area contributed by atoms with Gasteiger partial charge < -0.3 is 27.4 Å². The van der Waals surface area contributed by atoms with Crippen molar-refractivity contribution >= 4 is 38.6 Å². The zero-order chi connectivity index (χ0) is 23.6. The molecule has 0 saturated carbocycles. The fourth-order valence-electron chi connectivity index (χ4n) is 5.60. The van der Waals surface area contributed by atoms with E-state index in [0.717, 1.165) is 40.3 Å². The van der Waals surface area contributed by atoms with Crippen molar-refractivity contribution in [2.24, 2.45) is 0 Å². The number of phenols is 2. The van der Waals surface area contributed by atoms with Crippen LogP contribution in [0.25, 0.3) is 32.7 Å². The van der Waals surface area contributed by atoms with E-state index in [0.29, 0.717) is 27.9 Å². The molecule has 0 aromatic heterocycles. The molecule has 1 atom stereocenters. The van der Waals surface area contributed by atoms with Crippen LogP contribution >= 0.6 is 0 Å². The molecule has 0 radical (unpaired) electrons. The molecular formula is C29H25N3O2. The van der Waals surface area contributed by atoms with Crippen molar-refractivity contribution in [3.05, 3.63) is 89.5 Å². The average molecular weight is 448 g/mol. The van der Waals surface area contributed by atoms with Crippen LogP contribution in [0.3, 0.4) is 0 Å². The van der Waals surface area contributed by atoms with E-state index in [9.17, 15) is 10.2 Å². The number of rotatable bonds is 2. The largest absolute Gasteiger partial charge is 0.507 e. The van der Waals surface area contributed by atoms with Gasteiger partial charge in [-0.1, -0.05) is 42.5 Å². The molecule has 1 aliphatic carbocycles. The molecule has 34 heavy (non-hydrogen) atoms. The molecule has 5 aromatic carbocycles. The predicted molar refractivity (Wildman–Crippen MR) is 140 cm³/mol. The second-order valence-corrected chi connectivity index (χ2v) is 9.08. The standard InChI is InChI=1S/C29H25N3O2/c30-17-9-11-18-15(12-17)8-10-21(18)27-20-4-1-2-5-22(20)28(32)29(34)26(27)16-13-23-19(25(33)14-16)6-3-7-24(23)31/h1-7,9,11-14,21,33-34H,8,10,30-32H2. The Balaban J connectivity index is 1.72. The highest BCUT2D eigenvalue weighted by Gasteiger charge is 2.31. The Morgan fingerprint density at radius 1 is 0.735 bits per heavy atom. The molecule has 1 unspecified atom stereocenters. The Hall–Kier alpha value is -4.38. The van der Waals surface area contributed by atoms with Crippen molar-refractivity contribution in [2.75, 3.05) is 17.2 Å². The van der Waals surface area contributed by atoms with Crippen LogP contribution in [0.1, 0.15) is 29.0 Å². The Morgan fingerprint density at radius 3 is 2.32 bits per heavy atom. The van der Waals surface area contributed by atoms with Gasteiger partial charge in [-0.15, -0.1) is 0 Å². The second kappa shape index (κ2) is 7.32. The van der Waals surface area contributed by atoms with Crippen molar-refractivity contribution < 1.29 is 10.2 Å². The number of aromatic hydroxyl groups is 2. The molecule has 5 heteroatoms. The molecule has 8 N–H and O–H groups in total. The van der Waals surface area contributed by atoms with Gasteiger partial charge in [0.15, 0.2) is 0 Å². The molecule has 0 fully saturated rings. The van der Waals surface area contributed by atoms with Crippen molar-refractivity contribution in [2.45, 2.75) is 18.8 Å². The summed E-state index contributed by atoms with van der Waals surface area (Å²) in [4.78, 5) is 0. The third-order valence-corrected chi connectivity index (χ3v) is 7.16. The molecule has 0 heterocycles. The number of hydrogen-bond donors (Lipinski definition) is 5. The zero-order valence-electron chi connectivity index (χ0n) is 18.5. The summed E-state index contributed by atoms with van der Waals surface area (Å²) in [6, 6.07) is 23.0. The topological polar surface area (TPSA) is 119 Å². The van der Waals surface area contributed by atoms with Gasteiger partial charge in [0.05, 0.1) is 5.69 Å². The molecule has 5 aromatic rings. The number of anilines is 3. The monoisotopic (exact) mass is 447 g/mol. The van der Waals surface area contributed by atoms with Gasteiger partial charge in [-0.05, 0) is 70.8 Å². The molecule has 0 saturated heterocycles. The van der Waals surface area contributed by atoms with Crippen LogP contribution < -0.4 is 17.2 Å². The summed E-state index contributed by atoms with van der Waals surface area (Å²) in [6.07, 6.45) is 1.79. The third-order valence-electron chi connectivity index (χ3n) is 7.16. The number of phenolic OH excluding ortho intramolecular Hbond substituents is 2. The summed E-state index contributed by atoms with van der Waals surface area (Å²) in [5.41, 5.74) is 25.2. The summed E-state index contributed by atoms with van der Waals surface area (Å²) in [6.45, 7) is 0. The first-order chi connectivity index (χ1) is 16.4. The van der Waals surface area contributed by atoms with Crippen LogP contribution in [0.4, 0.5) is 17.1 Å². The summed E-state index contributed by atoms with van der Waals surface area (Å²) < 4.78 is 0. The lowest BCUT2D eigenvalue weighted by molar-refractivity contribution is 0.478. The minimum absolute atomic E-state index is 0.0193. The summed E-state index contributed by atoms with van der Waals surface area (Å²) in [5, 5.41) is 25.5. The predicted octanol–water partition coefficient (Wildman–Crippen LogP) is 5.90. The molecule has 0 bridgehead atoms. The normalized spacial score (nSPS) is 15.1. The first-order valence-electron chi connectivity index (χ1n) is 11.4. The van der Waals surface area contributed by atoms with Crippen molar-refractivity contribution in [1.82, 2.24) is 0 Å². The molecule has 168 valence electrons. The number of fused-ring (bicyclic) bond motifs is 3. The molecule has 6 rings (SSSR count).